The molecule has 0 saturated carbocycles. The molecule has 2 N–H and O–H groups in total. The lowest BCUT2D eigenvalue weighted by molar-refractivity contribution is 0.337. The van der Waals surface area contributed by atoms with Gasteiger partial charge in [-0.1, -0.05) is 5.16 Å². The number of nitrogens with one attached hydrogen (secondary N) is 1. The number of thiazole rings is 1. The highest BCUT2D eigenvalue weighted by atomic mass is 32.1. The SMILES string of the molecule is COc1ccc(-c2csc(C3=C(O)CN(CCCc4nc(C)no4)C3=N)n2)cc1. The van der Waals surface area contributed by atoms with Crippen molar-refractivity contribution in [3.8, 4) is 17.0 Å². The van der Waals surface area contributed by atoms with Crippen molar-refractivity contribution < 1.29 is 14.4 Å². The van der Waals surface area contributed by atoms with E-state index in [0.717, 1.165) is 23.4 Å². The number of hydrogen-bond acceptors (Lipinski definition) is 8. The quantitative estimate of drug-likeness (QED) is 0.610. The fraction of sp³-hybridized carbons (Fsp3) is 0.300. The van der Waals surface area contributed by atoms with Crippen LogP contribution in [0.5, 0.6) is 5.75 Å². The maximum atomic E-state index is 10.5. The minimum Gasteiger partial charge on any atom is -0.510 e. The van der Waals surface area contributed by atoms with Crippen LogP contribution in [0.25, 0.3) is 16.8 Å². The number of aliphatic hydroxyl groups excluding tert-OH is 1. The van der Waals surface area contributed by atoms with Gasteiger partial charge in [-0.25, -0.2) is 4.98 Å². The van der Waals surface area contributed by atoms with Gasteiger partial charge in [-0.2, -0.15) is 4.98 Å². The van der Waals surface area contributed by atoms with E-state index in [4.69, 9.17) is 14.7 Å². The van der Waals surface area contributed by atoms with Gasteiger partial charge in [0.25, 0.3) is 0 Å². The number of nitrogens with zero attached hydrogens (tertiary/aromatic N) is 4. The summed E-state index contributed by atoms with van der Waals surface area (Å²) in [4.78, 5) is 10.7. The number of amidine groups is 1. The first kappa shape index (κ1) is 19.1. The molecule has 0 bridgehead atoms. The molecule has 0 fully saturated rings. The van der Waals surface area contributed by atoms with Crippen LogP contribution in [0, 0.1) is 12.3 Å². The molecule has 1 aromatic carbocycles. The average molecular weight is 411 g/mol. The molecule has 0 unspecified atom stereocenters. The van der Waals surface area contributed by atoms with Crippen LogP contribution >= 0.6 is 11.3 Å². The fourth-order valence-electron chi connectivity index (χ4n) is 3.19. The minimum atomic E-state index is 0.180. The first-order valence-corrected chi connectivity index (χ1v) is 10.1. The van der Waals surface area contributed by atoms with Crippen LogP contribution in [0.2, 0.25) is 0 Å². The molecule has 0 amide bonds. The summed E-state index contributed by atoms with van der Waals surface area (Å²) in [5, 5.41) is 25.3. The predicted molar refractivity (Wildman–Crippen MR) is 110 cm³/mol. The van der Waals surface area contributed by atoms with Crippen LogP contribution in [0.1, 0.15) is 23.1 Å². The number of aryl methyl sites for hydroxylation is 2. The van der Waals surface area contributed by atoms with Crippen molar-refractivity contribution in [2.24, 2.45) is 0 Å². The molecule has 0 atom stereocenters. The highest BCUT2D eigenvalue weighted by Gasteiger charge is 2.30. The normalized spacial score (nSPS) is 14.1. The maximum absolute atomic E-state index is 10.5. The Balaban J connectivity index is 1.42. The highest BCUT2D eigenvalue weighted by molar-refractivity contribution is 7.11. The van der Waals surface area contributed by atoms with Crippen LogP contribution in [-0.2, 0) is 6.42 Å². The molecule has 0 spiro atoms. The number of aliphatic hydroxyl groups is 1. The van der Waals surface area contributed by atoms with Gasteiger partial charge in [0.05, 0.1) is 24.9 Å². The minimum absolute atomic E-state index is 0.180. The summed E-state index contributed by atoms with van der Waals surface area (Å²) in [6, 6.07) is 7.65. The molecule has 0 aliphatic carbocycles. The third-order valence-electron chi connectivity index (χ3n) is 4.67. The predicted octanol–water partition coefficient (Wildman–Crippen LogP) is 3.70. The Hall–Kier alpha value is -3.20. The van der Waals surface area contributed by atoms with Crippen molar-refractivity contribution in [3.05, 3.63) is 52.1 Å². The summed E-state index contributed by atoms with van der Waals surface area (Å²) >= 11 is 1.42. The molecule has 8 nitrogen and oxygen atoms in total. The third-order valence-corrected chi connectivity index (χ3v) is 5.53. The van der Waals surface area contributed by atoms with E-state index < -0.39 is 0 Å². The fourth-order valence-corrected chi connectivity index (χ4v) is 4.09. The lowest BCUT2D eigenvalue weighted by Gasteiger charge is -2.17. The first-order valence-electron chi connectivity index (χ1n) is 9.20. The number of benzene rings is 1. The zero-order valence-corrected chi connectivity index (χ0v) is 17.0. The standard InChI is InChI=1S/C20H21N5O3S/c1-12-22-17(28-24-12)4-3-9-25-10-16(26)18(19(25)21)20-23-15(11-29-20)13-5-7-14(27-2)8-6-13/h5-8,11,21,26H,3-4,9-10H2,1-2H3. The molecule has 9 heteroatoms. The highest BCUT2D eigenvalue weighted by Crippen LogP contribution is 2.32. The molecule has 150 valence electrons. The van der Waals surface area contributed by atoms with E-state index >= 15 is 0 Å². The van der Waals surface area contributed by atoms with Crippen molar-refractivity contribution in [2.75, 3.05) is 20.2 Å². The van der Waals surface area contributed by atoms with Gasteiger partial charge in [0.2, 0.25) is 5.89 Å². The summed E-state index contributed by atoms with van der Waals surface area (Å²) in [5.74, 6) is 2.47. The van der Waals surface area contributed by atoms with Crippen molar-refractivity contribution in [3.63, 3.8) is 0 Å². The lowest BCUT2D eigenvalue weighted by Crippen LogP contribution is -2.28. The number of aromatic nitrogens is 3. The second-order valence-electron chi connectivity index (χ2n) is 6.70. The van der Waals surface area contributed by atoms with Crippen LogP contribution < -0.4 is 4.74 Å². The zero-order chi connectivity index (χ0) is 20.4. The zero-order valence-electron chi connectivity index (χ0n) is 16.2. The molecule has 0 radical (unpaired) electrons. The lowest BCUT2D eigenvalue weighted by atomic mass is 10.1. The Kier molecular flexibility index (Phi) is 5.30. The summed E-state index contributed by atoms with van der Waals surface area (Å²) in [6.07, 6.45) is 1.39. The maximum Gasteiger partial charge on any atom is 0.226 e. The monoisotopic (exact) mass is 411 g/mol. The topological polar surface area (TPSA) is 108 Å². The number of rotatable bonds is 7. The van der Waals surface area contributed by atoms with E-state index in [1.807, 2.05) is 34.5 Å². The second kappa shape index (κ2) is 8.04. The van der Waals surface area contributed by atoms with Gasteiger partial charge in [-0.15, -0.1) is 11.3 Å². The Morgan fingerprint density at radius 1 is 1.28 bits per heavy atom. The smallest absolute Gasteiger partial charge is 0.226 e. The first-order chi connectivity index (χ1) is 14.0. The van der Waals surface area contributed by atoms with Gasteiger partial charge >= 0.3 is 0 Å². The summed E-state index contributed by atoms with van der Waals surface area (Å²) in [7, 11) is 1.63. The number of ether oxygens (including phenoxy) is 1. The van der Waals surface area contributed by atoms with Crippen LogP contribution in [-0.4, -0.2) is 51.2 Å². The Labute approximate surface area is 172 Å². The molecule has 1 aliphatic rings. The van der Waals surface area contributed by atoms with Gasteiger partial charge in [-0.05, 0) is 37.6 Å². The second-order valence-corrected chi connectivity index (χ2v) is 7.56. The largest absolute Gasteiger partial charge is 0.510 e. The molecule has 29 heavy (non-hydrogen) atoms. The summed E-state index contributed by atoms with van der Waals surface area (Å²) in [6.45, 7) is 2.71. The van der Waals surface area contributed by atoms with E-state index in [2.05, 4.69) is 15.1 Å². The van der Waals surface area contributed by atoms with E-state index in [1.54, 1.807) is 14.0 Å². The molecule has 1 aliphatic heterocycles. The van der Waals surface area contributed by atoms with Crippen LogP contribution in [0.4, 0.5) is 0 Å². The molecule has 3 aromatic rings. The van der Waals surface area contributed by atoms with E-state index in [1.165, 1.54) is 11.3 Å². The van der Waals surface area contributed by atoms with Gasteiger partial charge in [0, 0.05) is 23.9 Å². The van der Waals surface area contributed by atoms with Crippen molar-refractivity contribution in [1.82, 2.24) is 20.0 Å². The van der Waals surface area contributed by atoms with Crippen molar-refractivity contribution in [1.29, 1.82) is 5.41 Å². The number of hydrogen-bond donors (Lipinski definition) is 2. The van der Waals surface area contributed by atoms with E-state index in [9.17, 15) is 5.11 Å². The number of methoxy groups -OCH3 is 1. The molecule has 2 aromatic heterocycles. The Bertz CT molecular complexity index is 1050. The summed E-state index contributed by atoms with van der Waals surface area (Å²) in [5.41, 5.74) is 2.28. The molecule has 0 saturated heterocycles. The summed E-state index contributed by atoms with van der Waals surface area (Å²) < 4.78 is 10.3. The Morgan fingerprint density at radius 3 is 2.76 bits per heavy atom. The van der Waals surface area contributed by atoms with Gasteiger partial charge < -0.3 is 19.3 Å². The molecular weight excluding hydrogens is 390 g/mol. The molecule has 3 heterocycles. The van der Waals surface area contributed by atoms with E-state index in [0.29, 0.717) is 47.6 Å². The molecule has 4 rings (SSSR count). The average Bonchev–Trinajstić information content (AvgIpc) is 3.42. The van der Waals surface area contributed by atoms with E-state index in [-0.39, 0.29) is 5.76 Å². The van der Waals surface area contributed by atoms with Crippen LogP contribution in [0.15, 0.2) is 39.9 Å². The third kappa shape index (κ3) is 4.00. The van der Waals surface area contributed by atoms with Crippen LogP contribution in [0.3, 0.4) is 0 Å². The van der Waals surface area contributed by atoms with Crippen molar-refractivity contribution in [2.45, 2.75) is 19.8 Å². The van der Waals surface area contributed by atoms with Gasteiger partial charge in [0.1, 0.15) is 22.4 Å². The molecular formula is C20H21N5O3S. The van der Waals surface area contributed by atoms with Gasteiger partial charge in [0.15, 0.2) is 5.82 Å². The van der Waals surface area contributed by atoms with Gasteiger partial charge in [-0.3, -0.25) is 5.41 Å². The van der Waals surface area contributed by atoms with Crippen molar-refractivity contribution >= 4 is 22.7 Å². The Morgan fingerprint density at radius 2 is 2.07 bits per heavy atom.